The van der Waals surface area contributed by atoms with Crippen LogP contribution in [0.25, 0.3) is 10.9 Å². The molecule has 3 N–H and O–H groups in total. The highest BCUT2D eigenvalue weighted by molar-refractivity contribution is 6.00. The van der Waals surface area contributed by atoms with E-state index in [4.69, 9.17) is 14.2 Å². The average molecular weight is 638 g/mol. The van der Waals surface area contributed by atoms with Crippen LogP contribution >= 0.6 is 0 Å². The van der Waals surface area contributed by atoms with Gasteiger partial charge in [0.15, 0.2) is 11.5 Å². The number of urea groups is 1. The molecular weight excluding hydrogens is 603 g/mol. The highest BCUT2D eigenvalue weighted by Gasteiger charge is 2.36. The molecule has 1 aromatic heterocycles. The maximum atomic E-state index is 14.2. The predicted octanol–water partition coefficient (Wildman–Crippen LogP) is 7.20. The van der Waals surface area contributed by atoms with E-state index in [1.54, 1.807) is 60.5 Å². The van der Waals surface area contributed by atoms with E-state index in [-0.39, 0.29) is 29.9 Å². The number of nitrogens with zero attached hydrogens (tertiary/aromatic N) is 2. The second-order valence-electron chi connectivity index (χ2n) is 10.7. The number of ether oxygens (including phenoxy) is 3. The molecule has 242 valence electrons. The number of nitrogens with one attached hydrogen (secondary N) is 3. The molecule has 10 nitrogen and oxygen atoms in total. The molecule has 1 saturated heterocycles. The highest BCUT2D eigenvalue weighted by atomic mass is 19.4. The molecule has 0 saturated carbocycles. The minimum atomic E-state index is -4.67. The van der Waals surface area contributed by atoms with Gasteiger partial charge in [0.2, 0.25) is 5.91 Å². The van der Waals surface area contributed by atoms with Crippen molar-refractivity contribution in [1.29, 1.82) is 0 Å². The first-order chi connectivity index (χ1) is 22.1. The number of alkyl halides is 3. The number of aromatic nitrogens is 1. The number of halogens is 3. The van der Waals surface area contributed by atoms with E-state index in [9.17, 15) is 22.8 Å². The van der Waals surface area contributed by atoms with Gasteiger partial charge in [0.05, 0.1) is 25.3 Å². The Labute approximate surface area is 263 Å². The van der Waals surface area contributed by atoms with Crippen molar-refractivity contribution in [3.63, 3.8) is 0 Å². The zero-order valence-corrected chi connectivity index (χ0v) is 25.5. The van der Waals surface area contributed by atoms with Gasteiger partial charge >= 0.3 is 12.2 Å². The van der Waals surface area contributed by atoms with Gasteiger partial charge in [-0.25, -0.2) is 4.79 Å². The van der Waals surface area contributed by atoms with Gasteiger partial charge in [0.1, 0.15) is 11.5 Å². The fourth-order valence-corrected chi connectivity index (χ4v) is 5.35. The molecule has 2 heterocycles. The quantitative estimate of drug-likeness (QED) is 0.178. The van der Waals surface area contributed by atoms with Crippen LogP contribution in [0.15, 0.2) is 66.9 Å². The van der Waals surface area contributed by atoms with Gasteiger partial charge in [0.25, 0.3) is 0 Å². The molecule has 0 radical (unpaired) electrons. The third kappa shape index (κ3) is 7.53. The van der Waals surface area contributed by atoms with E-state index in [0.717, 1.165) is 6.07 Å². The number of carbonyl (C=O) groups excluding carboxylic acids is 2. The molecule has 0 spiro atoms. The van der Waals surface area contributed by atoms with Crippen molar-refractivity contribution in [2.75, 3.05) is 42.8 Å². The van der Waals surface area contributed by atoms with Crippen molar-refractivity contribution < 1.29 is 37.0 Å². The van der Waals surface area contributed by atoms with E-state index in [0.29, 0.717) is 65.4 Å². The Kier molecular flexibility index (Phi) is 9.69. The number of benzene rings is 3. The van der Waals surface area contributed by atoms with Crippen molar-refractivity contribution in [1.82, 2.24) is 10.3 Å². The van der Waals surface area contributed by atoms with Gasteiger partial charge in [-0.2, -0.15) is 13.2 Å². The van der Waals surface area contributed by atoms with Gasteiger partial charge in [0, 0.05) is 66.3 Å². The minimum Gasteiger partial charge on any atom is -0.493 e. The summed E-state index contributed by atoms with van der Waals surface area (Å²) in [7, 11) is 3.06. The van der Waals surface area contributed by atoms with Crippen molar-refractivity contribution in [2.24, 2.45) is 0 Å². The monoisotopic (exact) mass is 637 g/mol. The normalized spacial score (nSPS) is 14.8. The molecule has 1 aliphatic rings. The topological polar surface area (TPSA) is 114 Å². The smallest absolute Gasteiger partial charge is 0.418 e. The third-order valence-electron chi connectivity index (χ3n) is 7.53. The first-order valence-corrected chi connectivity index (χ1v) is 14.7. The summed E-state index contributed by atoms with van der Waals surface area (Å²) in [5.41, 5.74) is 0.0760. The highest BCUT2D eigenvalue weighted by Crippen LogP contribution is 2.40. The molecule has 13 heteroatoms. The second-order valence-corrected chi connectivity index (χ2v) is 10.7. The maximum Gasteiger partial charge on any atom is 0.418 e. The first-order valence-electron chi connectivity index (χ1n) is 14.7. The molecule has 1 unspecified atom stereocenters. The first kappa shape index (κ1) is 32.2. The Balaban J connectivity index is 1.29. The number of amides is 3. The summed E-state index contributed by atoms with van der Waals surface area (Å²) in [4.78, 5) is 30.7. The number of carbonyl (C=O) groups is 2. The van der Waals surface area contributed by atoms with Crippen LogP contribution in [0.1, 0.15) is 31.7 Å². The standard InChI is InChI=1S/C33H34F3N5O5/c1-4-31(42)38-22-8-6-14-41(19-22)27-11-10-21(16-25(27)33(34,35)36)40-32(43)39-20-7-5-9-23(15-20)46-28-12-13-37-26-18-30(45-3)29(44-2)17-24(26)28/h5,7,9-13,15-18,22H,4,6,8,14,19H2,1-3H3,(H,38,42)(H2,39,40,43). The average Bonchev–Trinajstić information content (AvgIpc) is 3.04. The van der Waals surface area contributed by atoms with Crippen molar-refractivity contribution in [2.45, 2.75) is 38.4 Å². The third-order valence-corrected chi connectivity index (χ3v) is 7.53. The lowest BCUT2D eigenvalue weighted by molar-refractivity contribution is -0.137. The zero-order chi connectivity index (χ0) is 32.8. The summed E-state index contributed by atoms with van der Waals surface area (Å²) < 4.78 is 59.4. The van der Waals surface area contributed by atoms with Gasteiger partial charge in [-0.05, 0) is 55.3 Å². The summed E-state index contributed by atoms with van der Waals surface area (Å²) in [6, 6.07) is 14.5. The molecule has 3 aromatic carbocycles. The lowest BCUT2D eigenvalue weighted by Gasteiger charge is -2.36. The lowest BCUT2D eigenvalue weighted by Crippen LogP contribution is -2.48. The fourth-order valence-electron chi connectivity index (χ4n) is 5.35. The Morgan fingerprint density at radius 2 is 1.70 bits per heavy atom. The van der Waals surface area contributed by atoms with E-state index in [1.807, 2.05) is 0 Å². The van der Waals surface area contributed by atoms with Crippen LogP contribution in [0, 0.1) is 0 Å². The van der Waals surface area contributed by atoms with Gasteiger partial charge in [-0.1, -0.05) is 13.0 Å². The number of pyridine rings is 1. The number of fused-ring (bicyclic) bond motifs is 1. The largest absolute Gasteiger partial charge is 0.493 e. The molecule has 3 amide bonds. The predicted molar refractivity (Wildman–Crippen MR) is 169 cm³/mol. The van der Waals surface area contributed by atoms with E-state index < -0.39 is 17.8 Å². The minimum absolute atomic E-state index is 0.00143. The number of hydrogen-bond donors (Lipinski definition) is 3. The van der Waals surface area contributed by atoms with Crippen LogP contribution < -0.4 is 35.1 Å². The van der Waals surface area contributed by atoms with Crippen LogP contribution in [0.2, 0.25) is 0 Å². The molecule has 1 aliphatic heterocycles. The number of anilines is 3. The van der Waals surface area contributed by atoms with Crippen molar-refractivity contribution in [3.05, 3.63) is 72.4 Å². The number of hydrogen-bond acceptors (Lipinski definition) is 7. The van der Waals surface area contributed by atoms with Crippen LogP contribution in [0.4, 0.5) is 35.0 Å². The number of methoxy groups -OCH3 is 2. The summed E-state index contributed by atoms with van der Waals surface area (Å²) in [5, 5.41) is 8.68. The molecule has 1 fully saturated rings. The summed E-state index contributed by atoms with van der Waals surface area (Å²) in [6.45, 7) is 2.41. The second kappa shape index (κ2) is 13.8. The zero-order valence-electron chi connectivity index (χ0n) is 25.5. The summed E-state index contributed by atoms with van der Waals surface area (Å²) >= 11 is 0. The SMILES string of the molecule is CCC(=O)NC1CCCN(c2ccc(NC(=O)Nc3cccc(Oc4ccnc5cc(OC)c(OC)cc45)c3)cc2C(F)(F)F)C1. The van der Waals surface area contributed by atoms with Gasteiger partial charge in [-0.3, -0.25) is 9.78 Å². The molecular formula is C33H34F3N5O5. The molecule has 4 aromatic rings. The summed E-state index contributed by atoms with van der Waals surface area (Å²) in [6.07, 6.45) is -1.44. The Morgan fingerprint density at radius 1 is 0.957 bits per heavy atom. The Morgan fingerprint density at radius 3 is 2.41 bits per heavy atom. The molecule has 0 aliphatic carbocycles. The van der Waals surface area contributed by atoms with E-state index in [2.05, 4.69) is 20.9 Å². The van der Waals surface area contributed by atoms with Crippen molar-refractivity contribution >= 4 is 39.9 Å². The Hall–Kier alpha value is -5.20. The van der Waals surface area contributed by atoms with E-state index >= 15 is 0 Å². The van der Waals surface area contributed by atoms with Crippen LogP contribution in [-0.2, 0) is 11.0 Å². The lowest BCUT2D eigenvalue weighted by atomic mass is 10.0. The summed E-state index contributed by atoms with van der Waals surface area (Å²) in [5.74, 6) is 1.77. The van der Waals surface area contributed by atoms with Gasteiger partial charge < -0.3 is 35.1 Å². The molecule has 46 heavy (non-hydrogen) atoms. The number of rotatable bonds is 9. The van der Waals surface area contributed by atoms with Crippen LogP contribution in [-0.4, -0.2) is 50.3 Å². The van der Waals surface area contributed by atoms with Crippen molar-refractivity contribution in [3.8, 4) is 23.0 Å². The van der Waals surface area contributed by atoms with Gasteiger partial charge in [-0.15, -0.1) is 0 Å². The van der Waals surface area contributed by atoms with Crippen LogP contribution in [0.5, 0.6) is 23.0 Å². The maximum absolute atomic E-state index is 14.2. The molecule has 0 bridgehead atoms. The molecule has 5 rings (SSSR count). The fraction of sp³-hybridized carbons (Fsp3) is 0.303. The molecule has 1 atom stereocenters. The van der Waals surface area contributed by atoms with Crippen LogP contribution in [0.3, 0.4) is 0 Å². The number of piperidine rings is 1. The Bertz CT molecular complexity index is 1730. The van der Waals surface area contributed by atoms with E-state index in [1.165, 1.54) is 26.4 Å².